The zero-order valence-electron chi connectivity index (χ0n) is 8.23. The maximum absolute atomic E-state index is 11.4. The van der Waals surface area contributed by atoms with Crippen LogP contribution in [0.1, 0.15) is 16.8 Å². The highest BCUT2D eigenvalue weighted by Crippen LogP contribution is 2.11. The SMILES string of the molecule is CS(=O)(=O)c1ccc(C(=O)CCCl)cc1. The number of halogens is 1. The second-order valence-electron chi connectivity index (χ2n) is 3.16. The number of alkyl halides is 1. The number of carbonyl (C=O) groups excluding carboxylic acids is 1. The predicted octanol–water partition coefficient (Wildman–Crippen LogP) is 1.90. The van der Waals surface area contributed by atoms with Crippen LogP contribution in [0.4, 0.5) is 0 Å². The number of Topliss-reactive ketones (excluding diaryl/α,β-unsaturated/α-hetero) is 1. The molecule has 0 heterocycles. The van der Waals surface area contributed by atoms with Crippen molar-refractivity contribution >= 4 is 27.2 Å². The number of rotatable bonds is 4. The minimum atomic E-state index is -3.19. The fourth-order valence-electron chi connectivity index (χ4n) is 1.12. The van der Waals surface area contributed by atoms with Crippen LogP contribution in [-0.2, 0) is 9.84 Å². The van der Waals surface area contributed by atoms with Crippen LogP contribution in [0.15, 0.2) is 29.2 Å². The summed E-state index contributed by atoms with van der Waals surface area (Å²) >= 11 is 5.43. The minimum Gasteiger partial charge on any atom is -0.294 e. The number of carbonyl (C=O) groups is 1. The summed E-state index contributed by atoms with van der Waals surface area (Å²) in [6.45, 7) is 0. The molecule has 0 amide bonds. The lowest BCUT2D eigenvalue weighted by atomic mass is 10.1. The van der Waals surface area contributed by atoms with Crippen LogP contribution in [0.25, 0.3) is 0 Å². The van der Waals surface area contributed by atoms with Crippen molar-refractivity contribution in [3.63, 3.8) is 0 Å². The van der Waals surface area contributed by atoms with Gasteiger partial charge in [0.25, 0.3) is 0 Å². The van der Waals surface area contributed by atoms with Crippen LogP contribution < -0.4 is 0 Å². The zero-order chi connectivity index (χ0) is 11.5. The lowest BCUT2D eigenvalue weighted by molar-refractivity contribution is 0.0989. The molecule has 0 N–H and O–H groups in total. The maximum atomic E-state index is 11.4. The Morgan fingerprint density at radius 2 is 1.80 bits per heavy atom. The first kappa shape index (κ1) is 12.2. The molecule has 0 aliphatic heterocycles. The van der Waals surface area contributed by atoms with Crippen molar-refractivity contribution in [3.05, 3.63) is 29.8 Å². The van der Waals surface area contributed by atoms with Crippen LogP contribution in [0, 0.1) is 0 Å². The molecule has 3 nitrogen and oxygen atoms in total. The Morgan fingerprint density at radius 1 is 1.27 bits per heavy atom. The first-order valence-electron chi connectivity index (χ1n) is 4.34. The molecule has 0 radical (unpaired) electrons. The Bertz CT molecular complexity index is 448. The van der Waals surface area contributed by atoms with E-state index in [1.807, 2.05) is 0 Å². The van der Waals surface area contributed by atoms with Gasteiger partial charge in [-0.3, -0.25) is 4.79 Å². The highest BCUT2D eigenvalue weighted by molar-refractivity contribution is 7.90. The number of benzene rings is 1. The maximum Gasteiger partial charge on any atom is 0.175 e. The third-order valence-electron chi connectivity index (χ3n) is 1.93. The fraction of sp³-hybridized carbons (Fsp3) is 0.300. The van der Waals surface area contributed by atoms with E-state index in [4.69, 9.17) is 11.6 Å². The third kappa shape index (κ3) is 3.32. The Hall–Kier alpha value is -0.870. The summed E-state index contributed by atoms with van der Waals surface area (Å²) in [4.78, 5) is 11.6. The average Bonchev–Trinajstić information content (AvgIpc) is 2.17. The van der Waals surface area contributed by atoms with Crippen molar-refractivity contribution < 1.29 is 13.2 Å². The Kier molecular flexibility index (Phi) is 3.88. The normalized spacial score (nSPS) is 11.3. The van der Waals surface area contributed by atoms with Crippen LogP contribution in [0.5, 0.6) is 0 Å². The van der Waals surface area contributed by atoms with Crippen molar-refractivity contribution in [2.45, 2.75) is 11.3 Å². The lowest BCUT2D eigenvalue weighted by Crippen LogP contribution is -2.01. The van der Waals surface area contributed by atoms with E-state index < -0.39 is 9.84 Å². The molecular formula is C10H11ClO3S. The van der Waals surface area contributed by atoms with Gasteiger partial charge in [0.1, 0.15) is 0 Å². The molecule has 0 unspecified atom stereocenters. The molecule has 82 valence electrons. The van der Waals surface area contributed by atoms with Gasteiger partial charge in [-0.1, -0.05) is 12.1 Å². The topological polar surface area (TPSA) is 51.2 Å². The highest BCUT2D eigenvalue weighted by Gasteiger charge is 2.09. The summed E-state index contributed by atoms with van der Waals surface area (Å²) in [7, 11) is -3.19. The van der Waals surface area contributed by atoms with E-state index in [-0.39, 0.29) is 23.0 Å². The molecule has 0 saturated carbocycles. The van der Waals surface area contributed by atoms with Gasteiger partial charge in [0.2, 0.25) is 0 Å². The molecule has 0 saturated heterocycles. The van der Waals surface area contributed by atoms with E-state index in [9.17, 15) is 13.2 Å². The summed E-state index contributed by atoms with van der Waals surface area (Å²) in [6, 6.07) is 5.87. The van der Waals surface area contributed by atoms with E-state index in [1.54, 1.807) is 0 Å². The van der Waals surface area contributed by atoms with E-state index in [0.29, 0.717) is 5.56 Å². The van der Waals surface area contributed by atoms with Gasteiger partial charge >= 0.3 is 0 Å². The van der Waals surface area contributed by atoms with Crippen molar-refractivity contribution in [1.82, 2.24) is 0 Å². The smallest absolute Gasteiger partial charge is 0.175 e. The summed E-state index contributed by atoms with van der Waals surface area (Å²) < 4.78 is 22.3. The van der Waals surface area contributed by atoms with Crippen molar-refractivity contribution in [2.75, 3.05) is 12.1 Å². The molecule has 1 aromatic carbocycles. The Morgan fingerprint density at radius 3 is 2.20 bits per heavy atom. The fourth-order valence-corrected chi connectivity index (χ4v) is 1.92. The molecule has 1 rings (SSSR count). The molecule has 0 atom stereocenters. The van der Waals surface area contributed by atoms with Gasteiger partial charge in [-0.15, -0.1) is 11.6 Å². The van der Waals surface area contributed by atoms with Crippen LogP contribution in [0.3, 0.4) is 0 Å². The Labute approximate surface area is 94.0 Å². The van der Waals surface area contributed by atoms with Gasteiger partial charge in [-0.05, 0) is 12.1 Å². The molecule has 1 aromatic rings. The molecule has 15 heavy (non-hydrogen) atoms. The molecule has 0 spiro atoms. The van der Waals surface area contributed by atoms with Gasteiger partial charge in [0, 0.05) is 24.1 Å². The van der Waals surface area contributed by atoms with Crippen molar-refractivity contribution in [1.29, 1.82) is 0 Å². The first-order valence-corrected chi connectivity index (χ1v) is 6.77. The molecule has 5 heteroatoms. The first-order chi connectivity index (χ1) is 6.95. The van der Waals surface area contributed by atoms with Crippen molar-refractivity contribution in [3.8, 4) is 0 Å². The van der Waals surface area contributed by atoms with E-state index >= 15 is 0 Å². The zero-order valence-corrected chi connectivity index (χ0v) is 9.81. The Balaban J connectivity index is 2.96. The highest BCUT2D eigenvalue weighted by atomic mass is 35.5. The molecule has 0 aromatic heterocycles. The molecule has 0 bridgehead atoms. The van der Waals surface area contributed by atoms with Gasteiger partial charge < -0.3 is 0 Å². The van der Waals surface area contributed by atoms with Crippen molar-refractivity contribution in [2.24, 2.45) is 0 Å². The quantitative estimate of drug-likeness (QED) is 0.602. The number of sulfone groups is 1. The third-order valence-corrected chi connectivity index (χ3v) is 3.24. The second-order valence-corrected chi connectivity index (χ2v) is 5.55. The van der Waals surface area contributed by atoms with Gasteiger partial charge in [0.15, 0.2) is 15.6 Å². The number of hydrogen-bond donors (Lipinski definition) is 0. The number of hydrogen-bond acceptors (Lipinski definition) is 3. The van der Waals surface area contributed by atoms with E-state index in [0.717, 1.165) is 6.26 Å². The summed E-state index contributed by atoms with van der Waals surface area (Å²) in [5, 5.41) is 0. The summed E-state index contributed by atoms with van der Waals surface area (Å²) in [5.74, 6) is 0.192. The molecule has 0 fully saturated rings. The summed E-state index contributed by atoms with van der Waals surface area (Å²) in [6.07, 6.45) is 1.39. The van der Waals surface area contributed by atoms with Gasteiger partial charge in [0.05, 0.1) is 4.90 Å². The predicted molar refractivity (Wildman–Crippen MR) is 59.2 cm³/mol. The van der Waals surface area contributed by atoms with E-state index in [2.05, 4.69) is 0 Å². The molecule has 0 aliphatic carbocycles. The molecule has 0 aliphatic rings. The van der Waals surface area contributed by atoms with Gasteiger partial charge in [-0.25, -0.2) is 8.42 Å². The largest absolute Gasteiger partial charge is 0.294 e. The standard InChI is InChI=1S/C10H11ClO3S/c1-15(13,14)9-4-2-8(3-5-9)10(12)6-7-11/h2-5H,6-7H2,1H3. The van der Waals surface area contributed by atoms with Crippen LogP contribution in [0.2, 0.25) is 0 Å². The number of ketones is 1. The second kappa shape index (κ2) is 4.77. The van der Waals surface area contributed by atoms with Crippen LogP contribution in [-0.4, -0.2) is 26.3 Å². The minimum absolute atomic E-state index is 0.0787. The summed E-state index contributed by atoms with van der Waals surface area (Å²) in [5.41, 5.74) is 0.489. The molecular weight excluding hydrogens is 236 g/mol. The van der Waals surface area contributed by atoms with Crippen LogP contribution >= 0.6 is 11.6 Å². The van der Waals surface area contributed by atoms with Gasteiger partial charge in [-0.2, -0.15) is 0 Å². The monoisotopic (exact) mass is 246 g/mol. The average molecular weight is 247 g/mol. The lowest BCUT2D eigenvalue weighted by Gasteiger charge is -2.00. The van der Waals surface area contributed by atoms with E-state index in [1.165, 1.54) is 24.3 Å².